The highest BCUT2D eigenvalue weighted by molar-refractivity contribution is 6.32. The zero-order valence-corrected chi connectivity index (χ0v) is 26.3. The third-order valence-electron chi connectivity index (χ3n) is 9.60. The zero-order chi connectivity index (χ0) is 31.3. The second-order valence-electron chi connectivity index (χ2n) is 12.3. The number of ether oxygens (including phenoxy) is 2. The van der Waals surface area contributed by atoms with Crippen LogP contribution in [0.15, 0.2) is 42.5 Å². The van der Waals surface area contributed by atoms with Gasteiger partial charge in [0.05, 0.1) is 18.2 Å². The number of nitrogens with one attached hydrogen (secondary N) is 1. The molecule has 12 heteroatoms. The Kier molecular flexibility index (Phi) is 9.97. The zero-order valence-electron chi connectivity index (χ0n) is 25.5. The van der Waals surface area contributed by atoms with Gasteiger partial charge in [-0.25, -0.2) is 9.59 Å². The number of hydrogen-bond acceptors (Lipinski definition) is 7. The number of morpholine rings is 1. The number of carbonyl (C=O) groups excluding carboxylic acids is 3. The van der Waals surface area contributed by atoms with E-state index in [0.717, 1.165) is 56.8 Å². The van der Waals surface area contributed by atoms with Crippen molar-refractivity contribution in [2.75, 3.05) is 64.3 Å². The highest BCUT2D eigenvalue weighted by Gasteiger charge is 2.36. The third-order valence-corrected chi connectivity index (χ3v) is 9.90. The minimum Gasteiger partial charge on any atom is -0.506 e. The summed E-state index contributed by atoms with van der Waals surface area (Å²) in [5.41, 5.74) is 2.66. The topological polar surface area (TPSA) is 115 Å². The van der Waals surface area contributed by atoms with Gasteiger partial charge in [-0.15, -0.1) is 0 Å². The number of benzene rings is 2. The number of hydrogen-bond donors (Lipinski definition) is 2. The van der Waals surface area contributed by atoms with E-state index in [2.05, 4.69) is 10.2 Å². The number of phenolic OH excluding ortho intramolecular Hbond substituents is 1. The number of likely N-dealkylation sites (tertiary alicyclic amines) is 2. The fourth-order valence-corrected chi connectivity index (χ4v) is 7.17. The lowest BCUT2D eigenvalue weighted by Crippen LogP contribution is -2.53. The van der Waals surface area contributed by atoms with Gasteiger partial charge >= 0.3 is 12.1 Å². The molecule has 4 amide bonds. The molecule has 1 atom stereocenters. The second-order valence-corrected chi connectivity index (χ2v) is 12.7. The molecule has 2 aromatic carbocycles. The normalized spacial score (nSPS) is 21.1. The Balaban J connectivity index is 1.07. The smallest absolute Gasteiger partial charge is 0.410 e. The van der Waals surface area contributed by atoms with Gasteiger partial charge in [0.15, 0.2) is 6.10 Å². The number of aromatic hydroxyl groups is 1. The minimum atomic E-state index is -1.02. The number of rotatable bonds is 6. The monoisotopic (exact) mass is 639 g/mol. The SMILES string of the molecule is O=C(O[C@H](Cc1ccc(O)c(Cl)c1)C(=O)N1CCC(N2CCOCC2)CC1)N1CCC(N2CCc3ccccc3NC2=O)CC1. The Labute approximate surface area is 269 Å². The van der Waals surface area contributed by atoms with Gasteiger partial charge in [-0.05, 0) is 61.4 Å². The van der Waals surface area contributed by atoms with Crippen LogP contribution in [-0.4, -0.2) is 120 Å². The van der Waals surface area contributed by atoms with Gasteiger partial charge in [0, 0.05) is 70.0 Å². The number of phenols is 1. The predicted octanol–water partition coefficient (Wildman–Crippen LogP) is 3.97. The Morgan fingerprint density at radius 2 is 1.62 bits per heavy atom. The van der Waals surface area contributed by atoms with Gasteiger partial charge in [0.2, 0.25) is 0 Å². The average Bonchev–Trinajstić information content (AvgIpc) is 3.24. The summed E-state index contributed by atoms with van der Waals surface area (Å²) in [5.74, 6) is -0.265. The van der Waals surface area contributed by atoms with Gasteiger partial charge in [-0.1, -0.05) is 35.9 Å². The molecule has 0 bridgehead atoms. The maximum Gasteiger partial charge on any atom is 0.410 e. The molecule has 45 heavy (non-hydrogen) atoms. The van der Waals surface area contributed by atoms with Crippen molar-refractivity contribution in [1.82, 2.24) is 19.6 Å². The first kappa shape index (κ1) is 31.4. The molecule has 0 aliphatic carbocycles. The number of urea groups is 1. The van der Waals surface area contributed by atoms with E-state index in [1.165, 1.54) is 6.07 Å². The molecule has 11 nitrogen and oxygen atoms in total. The summed E-state index contributed by atoms with van der Waals surface area (Å²) in [6.07, 6.45) is 2.34. The molecule has 2 aromatic rings. The summed E-state index contributed by atoms with van der Waals surface area (Å²) in [6.45, 7) is 5.96. The summed E-state index contributed by atoms with van der Waals surface area (Å²) in [4.78, 5) is 48.1. The van der Waals surface area contributed by atoms with Crippen LogP contribution in [0.3, 0.4) is 0 Å². The van der Waals surface area contributed by atoms with Gasteiger partial charge in [-0.3, -0.25) is 9.69 Å². The van der Waals surface area contributed by atoms with Crippen LogP contribution in [0.5, 0.6) is 5.75 Å². The van der Waals surface area contributed by atoms with Crippen LogP contribution in [0.1, 0.15) is 36.8 Å². The first-order valence-corrected chi connectivity index (χ1v) is 16.4. The van der Waals surface area contributed by atoms with Gasteiger partial charge in [-0.2, -0.15) is 0 Å². The highest BCUT2D eigenvalue weighted by Crippen LogP contribution is 2.27. The summed E-state index contributed by atoms with van der Waals surface area (Å²) in [6, 6.07) is 12.9. The molecule has 0 spiro atoms. The molecule has 4 aliphatic rings. The summed E-state index contributed by atoms with van der Waals surface area (Å²) in [5, 5.41) is 13.1. The van der Waals surface area contributed by atoms with E-state index >= 15 is 0 Å². The van der Waals surface area contributed by atoms with Crippen LogP contribution in [0, 0.1) is 0 Å². The van der Waals surface area contributed by atoms with Crippen molar-refractivity contribution >= 4 is 35.3 Å². The second kappa shape index (κ2) is 14.3. The number of fused-ring (bicyclic) bond motifs is 1. The first-order chi connectivity index (χ1) is 21.9. The van der Waals surface area contributed by atoms with Crippen molar-refractivity contribution in [3.05, 3.63) is 58.6 Å². The Morgan fingerprint density at radius 3 is 2.36 bits per heavy atom. The molecule has 4 aliphatic heterocycles. The molecule has 4 heterocycles. The quantitative estimate of drug-likeness (QED) is 0.492. The van der Waals surface area contributed by atoms with E-state index in [4.69, 9.17) is 21.1 Å². The Morgan fingerprint density at radius 1 is 0.933 bits per heavy atom. The largest absolute Gasteiger partial charge is 0.506 e. The molecule has 3 fully saturated rings. The number of para-hydroxylation sites is 1. The first-order valence-electron chi connectivity index (χ1n) is 16.0. The number of halogens is 1. The van der Waals surface area contributed by atoms with Crippen molar-refractivity contribution in [2.45, 2.75) is 56.7 Å². The van der Waals surface area contributed by atoms with E-state index in [0.29, 0.717) is 57.2 Å². The maximum atomic E-state index is 13.8. The molecular formula is C33H42ClN5O6. The lowest BCUT2D eigenvalue weighted by molar-refractivity contribution is -0.142. The molecule has 0 aromatic heterocycles. The molecule has 0 saturated carbocycles. The fraction of sp³-hybridized carbons (Fsp3) is 0.545. The minimum absolute atomic E-state index is 0.00712. The van der Waals surface area contributed by atoms with Crippen LogP contribution < -0.4 is 5.32 Å². The number of amides is 4. The number of carbonyl (C=O) groups is 3. The molecule has 242 valence electrons. The lowest BCUT2D eigenvalue weighted by atomic mass is 10.0. The van der Waals surface area contributed by atoms with Crippen LogP contribution in [0.2, 0.25) is 5.02 Å². The van der Waals surface area contributed by atoms with Crippen LogP contribution in [-0.2, 0) is 27.1 Å². The van der Waals surface area contributed by atoms with E-state index in [1.807, 2.05) is 29.2 Å². The molecule has 6 rings (SSSR count). The van der Waals surface area contributed by atoms with Crippen molar-refractivity contribution < 1.29 is 29.0 Å². The average molecular weight is 640 g/mol. The molecular weight excluding hydrogens is 598 g/mol. The molecule has 3 saturated heterocycles. The molecule has 0 radical (unpaired) electrons. The molecule has 2 N–H and O–H groups in total. The van der Waals surface area contributed by atoms with Crippen molar-refractivity contribution in [2.24, 2.45) is 0 Å². The van der Waals surface area contributed by atoms with Crippen molar-refractivity contribution in [3.63, 3.8) is 0 Å². The van der Waals surface area contributed by atoms with Crippen LogP contribution >= 0.6 is 11.6 Å². The lowest BCUT2D eigenvalue weighted by Gasteiger charge is -2.41. The number of nitrogens with zero attached hydrogens (tertiary/aromatic N) is 4. The third kappa shape index (κ3) is 7.48. The summed E-state index contributed by atoms with van der Waals surface area (Å²) < 4.78 is 11.5. The highest BCUT2D eigenvalue weighted by atomic mass is 35.5. The van der Waals surface area contributed by atoms with Gasteiger partial charge < -0.3 is 34.6 Å². The van der Waals surface area contributed by atoms with Crippen molar-refractivity contribution in [1.29, 1.82) is 0 Å². The summed E-state index contributed by atoms with van der Waals surface area (Å²) in [7, 11) is 0. The van der Waals surface area contributed by atoms with Gasteiger partial charge in [0.1, 0.15) is 5.75 Å². The van der Waals surface area contributed by atoms with Crippen LogP contribution in [0.25, 0.3) is 0 Å². The van der Waals surface area contributed by atoms with E-state index in [1.54, 1.807) is 21.9 Å². The number of piperidine rings is 2. The van der Waals surface area contributed by atoms with Gasteiger partial charge in [0.25, 0.3) is 5.91 Å². The Bertz CT molecular complexity index is 1370. The standard InChI is InChI=1S/C33H42ClN5O6/c34-27-21-23(5-6-29(27)40)22-30(31(41)37-12-8-25(9-13-37)36-17-19-44-20-18-36)45-33(43)38-14-10-26(11-15-38)39-16-7-24-3-1-2-4-28(24)35-32(39)42/h1-6,21,25-26,30,40H,7-20,22H2,(H,35,42)/t30-/m1/s1. The van der Waals surface area contributed by atoms with E-state index < -0.39 is 12.2 Å². The summed E-state index contributed by atoms with van der Waals surface area (Å²) >= 11 is 6.16. The molecule has 0 unspecified atom stereocenters. The Hall–Kier alpha value is -3.54. The fourth-order valence-electron chi connectivity index (χ4n) is 6.96. The van der Waals surface area contributed by atoms with E-state index in [-0.39, 0.29) is 35.2 Å². The van der Waals surface area contributed by atoms with Crippen molar-refractivity contribution in [3.8, 4) is 5.75 Å². The van der Waals surface area contributed by atoms with Crippen LogP contribution in [0.4, 0.5) is 15.3 Å². The predicted molar refractivity (Wildman–Crippen MR) is 170 cm³/mol. The number of anilines is 1. The maximum absolute atomic E-state index is 13.8. The van der Waals surface area contributed by atoms with E-state index in [9.17, 15) is 19.5 Å².